The summed E-state index contributed by atoms with van der Waals surface area (Å²) in [7, 11) is -3.78. The van der Waals surface area contributed by atoms with E-state index in [1.54, 1.807) is 41.3 Å². The number of carbonyl (C=O) groups excluding carboxylic acids is 2. The van der Waals surface area contributed by atoms with Crippen molar-refractivity contribution < 1.29 is 18.0 Å². The molecule has 0 radical (unpaired) electrons. The number of nitrogens with zero attached hydrogens (tertiary/aromatic N) is 1. The highest BCUT2D eigenvalue weighted by Crippen LogP contribution is 2.23. The summed E-state index contributed by atoms with van der Waals surface area (Å²) in [6, 6.07) is 13.3. The Morgan fingerprint density at radius 3 is 2.41 bits per heavy atom. The average molecular weight is 486 g/mol. The first kappa shape index (κ1) is 25.7. The second-order valence-electron chi connectivity index (χ2n) is 9.64. The Hall–Kier alpha value is -2.87. The first-order valence-electron chi connectivity index (χ1n) is 11.9. The molecule has 1 saturated heterocycles. The van der Waals surface area contributed by atoms with E-state index in [1.165, 1.54) is 0 Å². The van der Waals surface area contributed by atoms with Crippen molar-refractivity contribution in [2.75, 3.05) is 24.4 Å². The maximum absolute atomic E-state index is 13.1. The molecule has 0 unspecified atom stereocenters. The Morgan fingerprint density at radius 2 is 1.76 bits per heavy atom. The molecule has 1 atom stereocenters. The summed E-state index contributed by atoms with van der Waals surface area (Å²) in [6.45, 7) is 9.73. The first-order valence-corrected chi connectivity index (χ1v) is 13.3. The van der Waals surface area contributed by atoms with Gasteiger partial charge in [-0.2, -0.15) is 0 Å². The number of hydrogen-bond acceptors (Lipinski definition) is 4. The number of amides is 2. The zero-order chi connectivity index (χ0) is 24.9. The fraction of sp³-hybridized carbons (Fsp3) is 0.462. The van der Waals surface area contributed by atoms with Crippen LogP contribution in [0.3, 0.4) is 0 Å². The Labute approximate surface area is 203 Å². The van der Waals surface area contributed by atoms with E-state index in [1.807, 2.05) is 39.8 Å². The number of likely N-dealkylation sites (tertiary alicyclic amines) is 1. The minimum atomic E-state index is -3.78. The predicted octanol–water partition coefficient (Wildman–Crippen LogP) is 4.24. The van der Waals surface area contributed by atoms with E-state index < -0.39 is 10.0 Å². The van der Waals surface area contributed by atoms with Crippen LogP contribution in [0, 0.1) is 11.8 Å². The summed E-state index contributed by atoms with van der Waals surface area (Å²) in [5.41, 5.74) is 1.77. The van der Waals surface area contributed by atoms with Gasteiger partial charge in [0.05, 0.1) is 10.8 Å². The van der Waals surface area contributed by atoms with Crippen LogP contribution in [0.4, 0.5) is 5.69 Å². The third-order valence-electron chi connectivity index (χ3n) is 5.98. The molecule has 2 amide bonds. The molecule has 0 aliphatic carbocycles. The Bertz CT molecular complexity index is 1110. The topological polar surface area (TPSA) is 95.6 Å². The molecule has 1 aliphatic rings. The fourth-order valence-corrected chi connectivity index (χ4v) is 5.02. The average Bonchev–Trinajstić information content (AvgIpc) is 2.82. The van der Waals surface area contributed by atoms with Crippen LogP contribution < -0.4 is 10.0 Å². The number of rotatable bonds is 8. The summed E-state index contributed by atoms with van der Waals surface area (Å²) in [4.78, 5) is 27.5. The quantitative estimate of drug-likeness (QED) is 0.585. The molecule has 3 rings (SSSR count). The summed E-state index contributed by atoms with van der Waals surface area (Å²) >= 11 is 0. The van der Waals surface area contributed by atoms with E-state index in [-0.39, 0.29) is 22.6 Å². The number of carbonyl (C=O) groups is 2. The van der Waals surface area contributed by atoms with Crippen molar-refractivity contribution in [2.24, 2.45) is 11.8 Å². The van der Waals surface area contributed by atoms with E-state index in [4.69, 9.17) is 0 Å². The molecular formula is C26H35N3O4S. The highest BCUT2D eigenvalue weighted by molar-refractivity contribution is 7.92. The van der Waals surface area contributed by atoms with E-state index in [0.29, 0.717) is 42.7 Å². The number of piperidine rings is 1. The molecule has 1 aliphatic heterocycles. The van der Waals surface area contributed by atoms with Gasteiger partial charge in [-0.3, -0.25) is 14.3 Å². The molecule has 2 N–H and O–H groups in total. The van der Waals surface area contributed by atoms with Gasteiger partial charge in [0.2, 0.25) is 5.91 Å². The number of nitrogens with one attached hydrogen (secondary N) is 2. The molecule has 2 aromatic rings. The van der Waals surface area contributed by atoms with Gasteiger partial charge >= 0.3 is 0 Å². The van der Waals surface area contributed by atoms with E-state index >= 15 is 0 Å². The van der Waals surface area contributed by atoms with Gasteiger partial charge in [0, 0.05) is 30.9 Å². The lowest BCUT2D eigenvalue weighted by Crippen LogP contribution is -2.46. The first-order chi connectivity index (χ1) is 16.1. The maximum atomic E-state index is 13.1. The van der Waals surface area contributed by atoms with E-state index in [9.17, 15) is 18.0 Å². The molecule has 0 spiro atoms. The minimum Gasteiger partial charge on any atom is -0.356 e. The SMILES string of the molecule is CC(C)CNC(=O)[C@@H]1CCCN(C(=O)c2cccc(NS(=O)(=O)c3ccc(C(C)C)cc3)c2)C1. The molecule has 34 heavy (non-hydrogen) atoms. The van der Waals surface area contributed by atoms with Gasteiger partial charge in [0.1, 0.15) is 0 Å². The number of sulfonamides is 1. The normalized spacial score (nSPS) is 16.5. The Kier molecular flexibility index (Phi) is 8.36. The standard InChI is InChI=1S/C26H35N3O4S/c1-18(2)16-27-25(30)22-8-6-14-29(17-22)26(31)21-7-5-9-23(15-21)28-34(32,33)24-12-10-20(11-13-24)19(3)4/h5,7,9-13,15,18-19,22,28H,6,8,14,16-17H2,1-4H3,(H,27,30)/t22-/m1/s1. The predicted molar refractivity (Wildman–Crippen MR) is 134 cm³/mol. The van der Waals surface area contributed by atoms with Crippen molar-refractivity contribution in [3.63, 3.8) is 0 Å². The smallest absolute Gasteiger partial charge is 0.261 e. The van der Waals surface area contributed by atoms with Gasteiger partial charge in [0.15, 0.2) is 0 Å². The van der Waals surface area contributed by atoms with E-state index in [2.05, 4.69) is 10.0 Å². The highest BCUT2D eigenvalue weighted by Gasteiger charge is 2.29. The second kappa shape index (κ2) is 11.0. The molecule has 0 aromatic heterocycles. The van der Waals surface area contributed by atoms with Crippen molar-refractivity contribution in [3.8, 4) is 0 Å². The lowest BCUT2D eigenvalue weighted by Gasteiger charge is -2.32. The van der Waals surface area contributed by atoms with Crippen molar-refractivity contribution in [1.82, 2.24) is 10.2 Å². The largest absolute Gasteiger partial charge is 0.356 e. The summed E-state index contributed by atoms with van der Waals surface area (Å²) in [5, 5.41) is 2.96. The molecule has 1 fully saturated rings. The van der Waals surface area contributed by atoms with Gasteiger partial charge < -0.3 is 10.2 Å². The summed E-state index contributed by atoms with van der Waals surface area (Å²) in [6.07, 6.45) is 1.51. The zero-order valence-electron chi connectivity index (χ0n) is 20.4. The lowest BCUT2D eigenvalue weighted by atomic mass is 9.96. The van der Waals surface area contributed by atoms with Crippen LogP contribution in [0.15, 0.2) is 53.4 Å². The minimum absolute atomic E-state index is 0.0174. The summed E-state index contributed by atoms with van der Waals surface area (Å²) < 4.78 is 28.3. The van der Waals surface area contributed by atoms with Crippen LogP contribution in [-0.2, 0) is 14.8 Å². The maximum Gasteiger partial charge on any atom is 0.261 e. The monoisotopic (exact) mass is 485 g/mol. The van der Waals surface area contributed by atoms with Gasteiger partial charge in [0.25, 0.3) is 15.9 Å². The second-order valence-corrected chi connectivity index (χ2v) is 11.3. The molecular weight excluding hydrogens is 450 g/mol. The summed E-state index contributed by atoms with van der Waals surface area (Å²) in [5.74, 6) is 0.222. The Balaban J connectivity index is 1.69. The molecule has 1 heterocycles. The van der Waals surface area contributed by atoms with Crippen LogP contribution in [0.25, 0.3) is 0 Å². The third kappa shape index (κ3) is 6.59. The number of benzene rings is 2. The van der Waals surface area contributed by atoms with Crippen molar-refractivity contribution in [2.45, 2.75) is 51.3 Å². The van der Waals surface area contributed by atoms with Crippen LogP contribution in [0.5, 0.6) is 0 Å². The van der Waals surface area contributed by atoms with Crippen LogP contribution in [0.1, 0.15) is 62.4 Å². The molecule has 0 bridgehead atoms. The molecule has 0 saturated carbocycles. The van der Waals surface area contributed by atoms with Crippen LogP contribution >= 0.6 is 0 Å². The highest BCUT2D eigenvalue weighted by atomic mass is 32.2. The third-order valence-corrected chi connectivity index (χ3v) is 7.38. The van der Waals surface area contributed by atoms with Crippen molar-refractivity contribution in [3.05, 3.63) is 59.7 Å². The van der Waals surface area contributed by atoms with Gasteiger partial charge in [-0.25, -0.2) is 8.42 Å². The zero-order valence-corrected chi connectivity index (χ0v) is 21.2. The van der Waals surface area contributed by atoms with Crippen molar-refractivity contribution >= 4 is 27.5 Å². The van der Waals surface area contributed by atoms with Gasteiger partial charge in [-0.05, 0) is 60.6 Å². The molecule has 7 nitrogen and oxygen atoms in total. The van der Waals surface area contributed by atoms with Gasteiger partial charge in [-0.1, -0.05) is 45.9 Å². The lowest BCUT2D eigenvalue weighted by molar-refractivity contribution is -0.126. The molecule has 8 heteroatoms. The van der Waals surface area contributed by atoms with Gasteiger partial charge in [-0.15, -0.1) is 0 Å². The fourth-order valence-electron chi connectivity index (χ4n) is 3.97. The molecule has 184 valence electrons. The number of hydrogen-bond donors (Lipinski definition) is 2. The van der Waals surface area contributed by atoms with Crippen molar-refractivity contribution in [1.29, 1.82) is 0 Å². The Morgan fingerprint density at radius 1 is 1.06 bits per heavy atom. The number of anilines is 1. The van der Waals surface area contributed by atoms with Crippen LogP contribution in [0.2, 0.25) is 0 Å². The van der Waals surface area contributed by atoms with E-state index in [0.717, 1.165) is 18.4 Å². The molecule has 2 aromatic carbocycles. The van der Waals surface area contributed by atoms with Crippen LogP contribution in [-0.4, -0.2) is 44.8 Å².